The van der Waals surface area contributed by atoms with E-state index in [1.807, 2.05) is 12.1 Å². The predicted molar refractivity (Wildman–Crippen MR) is 69.3 cm³/mol. The number of rotatable bonds is 5. The lowest BCUT2D eigenvalue weighted by molar-refractivity contribution is 0.0953. The van der Waals surface area contributed by atoms with Crippen molar-refractivity contribution < 1.29 is 4.79 Å². The Morgan fingerprint density at radius 1 is 1.35 bits per heavy atom. The molecule has 0 aliphatic carbocycles. The molecule has 0 radical (unpaired) electrons. The minimum absolute atomic E-state index is 0.257. The number of nitrogens with one attached hydrogen (secondary N) is 1. The third kappa shape index (κ3) is 4.54. The number of hydrogen-bond acceptors (Lipinski definition) is 3. The highest BCUT2D eigenvalue weighted by Crippen LogP contribution is 2.08. The summed E-state index contributed by atoms with van der Waals surface area (Å²) in [6, 6.07) is 7.50. The fourth-order valence-electron chi connectivity index (χ4n) is 1.84. The Hall–Kier alpha value is -1.39. The summed E-state index contributed by atoms with van der Waals surface area (Å²) in [5.41, 5.74) is 3.90. The second kappa shape index (κ2) is 6.37. The van der Waals surface area contributed by atoms with Crippen LogP contribution in [0.25, 0.3) is 0 Å². The van der Waals surface area contributed by atoms with E-state index in [4.69, 9.17) is 5.84 Å². The normalized spacial score (nSPS) is 10.9. The summed E-state index contributed by atoms with van der Waals surface area (Å²) in [7, 11) is 2.10. The van der Waals surface area contributed by atoms with Crippen LogP contribution in [0.15, 0.2) is 24.3 Å². The van der Waals surface area contributed by atoms with Gasteiger partial charge in [0, 0.05) is 18.7 Å². The fraction of sp³-hybridized carbons (Fsp3) is 0.462. The molecule has 0 unspecified atom stereocenters. The van der Waals surface area contributed by atoms with E-state index < -0.39 is 0 Å². The van der Waals surface area contributed by atoms with Crippen LogP contribution < -0.4 is 11.3 Å². The quantitative estimate of drug-likeness (QED) is 0.460. The van der Waals surface area contributed by atoms with Crippen LogP contribution in [-0.2, 0) is 6.54 Å². The van der Waals surface area contributed by atoms with E-state index >= 15 is 0 Å². The van der Waals surface area contributed by atoms with Crippen molar-refractivity contribution in [2.75, 3.05) is 13.6 Å². The van der Waals surface area contributed by atoms with E-state index in [2.05, 4.69) is 31.2 Å². The molecule has 1 amide bonds. The van der Waals surface area contributed by atoms with E-state index in [1.54, 1.807) is 12.1 Å². The SMILES string of the molecule is CC(C)CN(C)Cc1ccc(C(=O)NN)cc1. The van der Waals surface area contributed by atoms with Crippen molar-refractivity contribution in [3.8, 4) is 0 Å². The van der Waals surface area contributed by atoms with Gasteiger partial charge < -0.3 is 4.90 Å². The lowest BCUT2D eigenvalue weighted by Gasteiger charge is -2.18. The second-order valence-corrected chi connectivity index (χ2v) is 4.76. The first-order valence-corrected chi connectivity index (χ1v) is 5.81. The lowest BCUT2D eigenvalue weighted by Crippen LogP contribution is -2.30. The van der Waals surface area contributed by atoms with Gasteiger partial charge in [0.2, 0.25) is 0 Å². The van der Waals surface area contributed by atoms with Gasteiger partial charge in [0.1, 0.15) is 0 Å². The Morgan fingerprint density at radius 2 is 1.94 bits per heavy atom. The van der Waals surface area contributed by atoms with Crippen molar-refractivity contribution in [3.05, 3.63) is 35.4 Å². The Bertz CT molecular complexity index is 359. The summed E-state index contributed by atoms with van der Waals surface area (Å²) >= 11 is 0. The van der Waals surface area contributed by atoms with Crippen LogP contribution in [-0.4, -0.2) is 24.4 Å². The van der Waals surface area contributed by atoms with E-state index in [1.165, 1.54) is 5.56 Å². The Kier molecular flexibility index (Phi) is 5.12. The van der Waals surface area contributed by atoms with Crippen LogP contribution >= 0.6 is 0 Å². The first kappa shape index (κ1) is 13.7. The van der Waals surface area contributed by atoms with Crippen molar-refractivity contribution in [1.82, 2.24) is 10.3 Å². The van der Waals surface area contributed by atoms with Gasteiger partial charge in [-0.05, 0) is 30.7 Å². The predicted octanol–water partition coefficient (Wildman–Crippen LogP) is 1.38. The molecule has 1 rings (SSSR count). The standard InChI is InChI=1S/C13H21N3O/c1-10(2)8-16(3)9-11-4-6-12(7-5-11)13(17)15-14/h4-7,10H,8-9,14H2,1-3H3,(H,15,17). The van der Waals surface area contributed by atoms with Crippen LogP contribution in [0.3, 0.4) is 0 Å². The molecule has 0 fully saturated rings. The van der Waals surface area contributed by atoms with Gasteiger partial charge in [-0.15, -0.1) is 0 Å². The average molecular weight is 235 g/mol. The largest absolute Gasteiger partial charge is 0.302 e. The van der Waals surface area contributed by atoms with Gasteiger partial charge in [0.15, 0.2) is 0 Å². The molecule has 0 aliphatic heterocycles. The molecule has 17 heavy (non-hydrogen) atoms. The summed E-state index contributed by atoms with van der Waals surface area (Å²) in [4.78, 5) is 13.5. The maximum Gasteiger partial charge on any atom is 0.265 e. The molecule has 4 heteroatoms. The van der Waals surface area contributed by atoms with Crippen LogP contribution in [0.2, 0.25) is 0 Å². The summed E-state index contributed by atoms with van der Waals surface area (Å²) in [5, 5.41) is 0. The maximum atomic E-state index is 11.2. The number of carbonyl (C=O) groups excluding carboxylic acids is 1. The minimum Gasteiger partial charge on any atom is -0.302 e. The van der Waals surface area contributed by atoms with Crippen molar-refractivity contribution in [2.24, 2.45) is 11.8 Å². The van der Waals surface area contributed by atoms with E-state index in [0.717, 1.165) is 13.1 Å². The monoisotopic (exact) mass is 235 g/mol. The molecule has 4 nitrogen and oxygen atoms in total. The third-order valence-electron chi connectivity index (χ3n) is 2.48. The van der Waals surface area contributed by atoms with Gasteiger partial charge >= 0.3 is 0 Å². The summed E-state index contributed by atoms with van der Waals surface area (Å²) in [6.45, 7) is 6.35. The van der Waals surface area contributed by atoms with Crippen LogP contribution in [0.5, 0.6) is 0 Å². The molecular weight excluding hydrogens is 214 g/mol. The molecule has 0 atom stereocenters. The molecule has 94 valence electrons. The van der Waals surface area contributed by atoms with Gasteiger partial charge in [0.25, 0.3) is 5.91 Å². The van der Waals surface area contributed by atoms with Crippen LogP contribution in [0.1, 0.15) is 29.8 Å². The molecule has 0 aliphatic rings. The maximum absolute atomic E-state index is 11.2. The fourth-order valence-corrected chi connectivity index (χ4v) is 1.84. The molecule has 0 saturated carbocycles. The number of benzene rings is 1. The zero-order chi connectivity index (χ0) is 12.8. The van der Waals surface area contributed by atoms with Gasteiger partial charge in [0.05, 0.1) is 0 Å². The highest BCUT2D eigenvalue weighted by molar-refractivity contribution is 5.93. The Balaban J connectivity index is 2.59. The van der Waals surface area contributed by atoms with Gasteiger partial charge in [-0.1, -0.05) is 26.0 Å². The zero-order valence-electron chi connectivity index (χ0n) is 10.7. The van der Waals surface area contributed by atoms with Crippen molar-refractivity contribution in [3.63, 3.8) is 0 Å². The summed E-state index contributed by atoms with van der Waals surface area (Å²) in [5.74, 6) is 5.47. The number of nitrogen functional groups attached to an aromatic ring is 1. The molecule has 0 aromatic heterocycles. The molecule has 1 aromatic carbocycles. The zero-order valence-corrected chi connectivity index (χ0v) is 10.7. The van der Waals surface area contributed by atoms with Crippen LogP contribution in [0, 0.1) is 5.92 Å². The first-order chi connectivity index (χ1) is 8.02. The van der Waals surface area contributed by atoms with Gasteiger partial charge in [-0.2, -0.15) is 0 Å². The van der Waals surface area contributed by atoms with E-state index in [0.29, 0.717) is 11.5 Å². The number of nitrogens with two attached hydrogens (primary N) is 1. The topological polar surface area (TPSA) is 58.4 Å². The summed E-state index contributed by atoms with van der Waals surface area (Å²) in [6.07, 6.45) is 0. The molecule has 0 bridgehead atoms. The van der Waals surface area contributed by atoms with Crippen LogP contribution in [0.4, 0.5) is 0 Å². The third-order valence-corrected chi connectivity index (χ3v) is 2.48. The van der Waals surface area contributed by atoms with Crippen molar-refractivity contribution in [1.29, 1.82) is 0 Å². The summed E-state index contributed by atoms with van der Waals surface area (Å²) < 4.78 is 0. The minimum atomic E-state index is -0.257. The van der Waals surface area contributed by atoms with Gasteiger partial charge in [-0.25, -0.2) is 5.84 Å². The number of hydrazine groups is 1. The lowest BCUT2D eigenvalue weighted by atomic mass is 10.1. The molecule has 0 heterocycles. The highest BCUT2D eigenvalue weighted by atomic mass is 16.2. The molecule has 1 aromatic rings. The molecular formula is C13H21N3O. The Labute approximate surface area is 103 Å². The number of carbonyl (C=O) groups is 1. The van der Waals surface area contributed by atoms with Gasteiger partial charge in [-0.3, -0.25) is 10.2 Å². The number of amides is 1. The van der Waals surface area contributed by atoms with E-state index in [-0.39, 0.29) is 5.91 Å². The number of hydrogen-bond donors (Lipinski definition) is 2. The Morgan fingerprint density at radius 3 is 2.41 bits per heavy atom. The molecule has 3 N–H and O–H groups in total. The van der Waals surface area contributed by atoms with Crippen molar-refractivity contribution in [2.45, 2.75) is 20.4 Å². The van der Waals surface area contributed by atoms with E-state index in [9.17, 15) is 4.79 Å². The molecule has 0 spiro atoms. The highest BCUT2D eigenvalue weighted by Gasteiger charge is 2.05. The average Bonchev–Trinajstić information content (AvgIpc) is 2.28. The smallest absolute Gasteiger partial charge is 0.265 e. The first-order valence-electron chi connectivity index (χ1n) is 5.81. The second-order valence-electron chi connectivity index (χ2n) is 4.76. The molecule has 0 saturated heterocycles. The number of nitrogens with zero attached hydrogens (tertiary/aromatic N) is 1. The van der Waals surface area contributed by atoms with Crippen molar-refractivity contribution >= 4 is 5.91 Å².